The molecule has 4 nitrogen and oxygen atoms in total. The predicted molar refractivity (Wildman–Crippen MR) is 82.9 cm³/mol. The number of fused-ring (bicyclic) bond motifs is 1. The molecular weight excluding hydrogens is 306 g/mol. The second-order valence-electron chi connectivity index (χ2n) is 5.24. The summed E-state index contributed by atoms with van der Waals surface area (Å²) in [6, 6.07) is 8.71. The minimum atomic E-state index is -3.55. The average Bonchev–Trinajstić information content (AvgIpc) is 2.86. The highest BCUT2D eigenvalue weighted by atomic mass is 32.2. The lowest BCUT2D eigenvalue weighted by Crippen LogP contribution is -2.34. The Morgan fingerprint density at radius 2 is 1.95 bits per heavy atom. The molecule has 0 saturated carbocycles. The Morgan fingerprint density at radius 3 is 2.67 bits per heavy atom. The molecule has 3 rings (SSSR count). The van der Waals surface area contributed by atoms with Crippen molar-refractivity contribution in [3.05, 3.63) is 51.7 Å². The zero-order valence-electron chi connectivity index (χ0n) is 11.7. The van der Waals surface area contributed by atoms with Crippen LogP contribution in [0.5, 0.6) is 0 Å². The first-order valence-corrected chi connectivity index (χ1v) is 9.11. The van der Waals surface area contributed by atoms with E-state index in [1.54, 1.807) is 35.6 Å². The zero-order chi connectivity index (χ0) is 15.0. The summed E-state index contributed by atoms with van der Waals surface area (Å²) in [5, 5.41) is 12.2. The third-order valence-electron chi connectivity index (χ3n) is 3.76. The third-order valence-corrected chi connectivity index (χ3v) is 6.64. The van der Waals surface area contributed by atoms with Crippen LogP contribution in [0, 0.1) is 6.92 Å². The standard InChI is InChI=1S/C15H17NO3S2/c1-11-2-4-12(5-3-11)21(18,19)16-8-6-15-13(7-9-20-15)14(17)10-16/h2-5,7,9,14,17H,6,8,10H2,1H3. The van der Waals surface area contributed by atoms with Gasteiger partial charge in [-0.25, -0.2) is 8.42 Å². The lowest BCUT2D eigenvalue weighted by Gasteiger charge is -2.22. The van der Waals surface area contributed by atoms with Crippen molar-refractivity contribution in [1.82, 2.24) is 4.31 Å². The summed E-state index contributed by atoms with van der Waals surface area (Å²) in [5.41, 5.74) is 1.88. The molecule has 1 aromatic heterocycles. The van der Waals surface area contributed by atoms with E-state index in [0.717, 1.165) is 16.0 Å². The van der Waals surface area contributed by atoms with E-state index in [-0.39, 0.29) is 11.4 Å². The van der Waals surface area contributed by atoms with Crippen LogP contribution in [0.1, 0.15) is 22.1 Å². The summed E-state index contributed by atoms with van der Waals surface area (Å²) >= 11 is 1.57. The highest BCUT2D eigenvalue weighted by molar-refractivity contribution is 7.89. The van der Waals surface area contributed by atoms with Crippen LogP contribution in [-0.4, -0.2) is 30.9 Å². The molecule has 1 aliphatic heterocycles. The van der Waals surface area contributed by atoms with Gasteiger partial charge in [0.15, 0.2) is 0 Å². The van der Waals surface area contributed by atoms with Crippen molar-refractivity contribution in [3.8, 4) is 0 Å². The first-order valence-electron chi connectivity index (χ1n) is 6.79. The van der Waals surface area contributed by atoms with Crippen LogP contribution >= 0.6 is 11.3 Å². The number of benzene rings is 1. The Bertz CT molecular complexity index is 735. The first kappa shape index (κ1) is 14.7. The fourth-order valence-corrected chi connectivity index (χ4v) is 4.91. The molecule has 1 unspecified atom stereocenters. The Kier molecular flexibility index (Phi) is 3.88. The Morgan fingerprint density at radius 1 is 1.24 bits per heavy atom. The summed E-state index contributed by atoms with van der Waals surface area (Å²) in [4.78, 5) is 1.36. The van der Waals surface area contributed by atoms with Gasteiger partial charge in [0.2, 0.25) is 10.0 Å². The van der Waals surface area contributed by atoms with Crippen molar-refractivity contribution in [3.63, 3.8) is 0 Å². The molecular formula is C15H17NO3S2. The Balaban J connectivity index is 1.90. The van der Waals surface area contributed by atoms with Crippen LogP contribution in [0.3, 0.4) is 0 Å². The molecule has 1 aliphatic rings. The predicted octanol–water partition coefficient (Wildman–Crippen LogP) is 2.34. The normalized spacial score (nSPS) is 20.0. The van der Waals surface area contributed by atoms with E-state index in [4.69, 9.17) is 0 Å². The largest absolute Gasteiger partial charge is 0.387 e. The van der Waals surface area contributed by atoms with E-state index in [2.05, 4.69) is 0 Å². The molecule has 0 saturated heterocycles. The fraction of sp³-hybridized carbons (Fsp3) is 0.333. The number of rotatable bonds is 2. The summed E-state index contributed by atoms with van der Waals surface area (Å²) in [6.07, 6.45) is -0.108. The van der Waals surface area contributed by atoms with Crippen LogP contribution in [0.15, 0.2) is 40.6 Å². The van der Waals surface area contributed by atoms with Crippen molar-refractivity contribution in [2.75, 3.05) is 13.1 Å². The van der Waals surface area contributed by atoms with Gasteiger partial charge in [-0.05, 0) is 42.5 Å². The molecule has 112 valence electrons. The molecule has 0 bridgehead atoms. The van der Waals surface area contributed by atoms with Gasteiger partial charge in [0.25, 0.3) is 0 Å². The van der Waals surface area contributed by atoms with Gasteiger partial charge >= 0.3 is 0 Å². The van der Waals surface area contributed by atoms with E-state index >= 15 is 0 Å². The molecule has 0 amide bonds. The Hall–Kier alpha value is -1.21. The molecule has 2 heterocycles. The number of hydrogen-bond acceptors (Lipinski definition) is 4. The second-order valence-corrected chi connectivity index (χ2v) is 8.18. The minimum absolute atomic E-state index is 0.111. The number of nitrogens with zero attached hydrogens (tertiary/aromatic N) is 1. The topological polar surface area (TPSA) is 57.6 Å². The maximum atomic E-state index is 12.7. The van der Waals surface area contributed by atoms with Crippen LogP contribution in [-0.2, 0) is 16.4 Å². The van der Waals surface area contributed by atoms with Crippen molar-refractivity contribution in [2.45, 2.75) is 24.3 Å². The summed E-state index contributed by atoms with van der Waals surface area (Å²) < 4.78 is 26.8. The lowest BCUT2D eigenvalue weighted by atomic mass is 10.1. The Labute approximate surface area is 128 Å². The number of sulfonamides is 1. The van der Waals surface area contributed by atoms with Gasteiger partial charge < -0.3 is 5.11 Å². The number of aryl methyl sites for hydroxylation is 1. The summed E-state index contributed by atoms with van der Waals surface area (Å²) in [5.74, 6) is 0. The van der Waals surface area contributed by atoms with Crippen molar-refractivity contribution in [2.24, 2.45) is 0 Å². The highest BCUT2D eigenvalue weighted by Gasteiger charge is 2.30. The summed E-state index contributed by atoms with van der Waals surface area (Å²) in [7, 11) is -3.55. The molecule has 0 radical (unpaired) electrons. The summed E-state index contributed by atoms with van der Waals surface area (Å²) in [6.45, 7) is 2.44. The van der Waals surface area contributed by atoms with Crippen molar-refractivity contribution < 1.29 is 13.5 Å². The van der Waals surface area contributed by atoms with E-state index in [9.17, 15) is 13.5 Å². The lowest BCUT2D eigenvalue weighted by molar-refractivity contribution is 0.153. The van der Waals surface area contributed by atoms with E-state index in [1.165, 1.54) is 4.31 Å². The monoisotopic (exact) mass is 323 g/mol. The number of thiophene rings is 1. The van der Waals surface area contributed by atoms with Crippen LogP contribution in [0.25, 0.3) is 0 Å². The van der Waals surface area contributed by atoms with Gasteiger partial charge in [0, 0.05) is 18.0 Å². The molecule has 1 atom stereocenters. The van der Waals surface area contributed by atoms with Gasteiger partial charge in [-0.2, -0.15) is 4.31 Å². The van der Waals surface area contributed by atoms with Crippen LogP contribution in [0.4, 0.5) is 0 Å². The molecule has 6 heteroatoms. The molecule has 21 heavy (non-hydrogen) atoms. The van der Waals surface area contributed by atoms with Crippen LogP contribution in [0.2, 0.25) is 0 Å². The van der Waals surface area contributed by atoms with Gasteiger partial charge in [0.1, 0.15) is 0 Å². The molecule has 0 aliphatic carbocycles. The smallest absolute Gasteiger partial charge is 0.243 e. The molecule has 1 aromatic carbocycles. The van der Waals surface area contributed by atoms with Gasteiger partial charge in [-0.3, -0.25) is 0 Å². The zero-order valence-corrected chi connectivity index (χ0v) is 13.3. The van der Waals surface area contributed by atoms with Crippen molar-refractivity contribution >= 4 is 21.4 Å². The van der Waals surface area contributed by atoms with E-state index in [0.29, 0.717) is 13.0 Å². The highest BCUT2D eigenvalue weighted by Crippen LogP contribution is 2.30. The van der Waals surface area contributed by atoms with Gasteiger partial charge in [-0.1, -0.05) is 17.7 Å². The van der Waals surface area contributed by atoms with Crippen LogP contribution < -0.4 is 0 Å². The number of β-amino-alcohol motifs (C(OH)–C–C–N with tert-alkyl or cyclic N) is 1. The second kappa shape index (κ2) is 5.53. The maximum Gasteiger partial charge on any atom is 0.243 e. The maximum absolute atomic E-state index is 12.7. The first-order chi connectivity index (χ1) is 9.98. The van der Waals surface area contributed by atoms with Gasteiger partial charge in [0.05, 0.1) is 11.0 Å². The van der Waals surface area contributed by atoms with E-state index in [1.807, 2.05) is 18.4 Å². The minimum Gasteiger partial charge on any atom is -0.387 e. The molecule has 0 spiro atoms. The molecule has 0 fully saturated rings. The number of hydrogen-bond donors (Lipinski definition) is 1. The SMILES string of the molecule is Cc1ccc(S(=O)(=O)N2CCc3sccc3C(O)C2)cc1. The number of aliphatic hydroxyl groups excluding tert-OH is 1. The van der Waals surface area contributed by atoms with E-state index < -0.39 is 16.1 Å². The number of aliphatic hydroxyl groups is 1. The molecule has 1 N–H and O–H groups in total. The molecule has 2 aromatic rings. The van der Waals surface area contributed by atoms with Gasteiger partial charge in [-0.15, -0.1) is 11.3 Å². The third kappa shape index (κ3) is 2.76. The quantitative estimate of drug-likeness (QED) is 0.923. The fourth-order valence-electron chi connectivity index (χ4n) is 2.54. The average molecular weight is 323 g/mol. The van der Waals surface area contributed by atoms with Crippen molar-refractivity contribution in [1.29, 1.82) is 0 Å².